The fourth-order valence-electron chi connectivity index (χ4n) is 9.52. The summed E-state index contributed by atoms with van der Waals surface area (Å²) in [6.07, 6.45) is 2.63. The molecule has 290 valence electrons. The maximum atomic E-state index is 14.2. The standard InChI is InChI=1S/C45H48FN5O5/c1-28-22-31(4-11-39(28)46)43-42(37-10-8-36(52)24-33(37)27-56-43)30-2-5-34(6-3-30)49-16-14-29(15-17-49)25-48-18-20-50(21-19-48)35-7-9-38-32(23-35)26-51(45(38)55)40-12-13-41(53)47-44(40)54/h2-11,22-24,29,40,42-43,52H,12-21,25-27H2,1H3,(H,47,53,54)/t40-,42+,43+/m0/s1. The first kappa shape index (κ1) is 36.4. The lowest BCUT2D eigenvalue weighted by Gasteiger charge is -2.40. The van der Waals surface area contributed by atoms with Crippen molar-refractivity contribution in [2.24, 2.45) is 5.92 Å². The molecule has 3 fully saturated rings. The SMILES string of the molecule is Cc1cc([C@H]2OCc3cc(O)ccc3[C@H]2c2ccc(N3CCC(CN4CCN(c5ccc6c(c5)CN([C@H]5CCC(=O)NC5=O)C6=O)CC4)CC3)cc2)ccc1F. The highest BCUT2D eigenvalue weighted by molar-refractivity contribution is 6.05. The minimum absolute atomic E-state index is 0.0910. The van der Waals surface area contributed by atoms with Crippen molar-refractivity contribution in [3.05, 3.63) is 124 Å². The van der Waals surface area contributed by atoms with Crippen molar-refractivity contribution in [1.29, 1.82) is 0 Å². The Balaban J connectivity index is 0.788. The predicted molar refractivity (Wildman–Crippen MR) is 211 cm³/mol. The molecule has 0 bridgehead atoms. The summed E-state index contributed by atoms with van der Waals surface area (Å²) in [7, 11) is 0. The van der Waals surface area contributed by atoms with Gasteiger partial charge in [-0.2, -0.15) is 0 Å². The van der Waals surface area contributed by atoms with Crippen molar-refractivity contribution >= 4 is 29.1 Å². The molecule has 0 unspecified atom stereocenters. The van der Waals surface area contributed by atoms with Crippen LogP contribution in [0.4, 0.5) is 15.8 Å². The Hall–Kier alpha value is -5.26. The Morgan fingerprint density at radius 2 is 1.52 bits per heavy atom. The summed E-state index contributed by atoms with van der Waals surface area (Å²) >= 11 is 0. The second-order valence-corrected chi connectivity index (χ2v) is 16.2. The minimum atomic E-state index is -0.599. The van der Waals surface area contributed by atoms with Gasteiger partial charge in [-0.3, -0.25) is 24.6 Å². The molecule has 10 nitrogen and oxygen atoms in total. The number of carbonyl (C=O) groups excluding carboxylic acids is 3. The van der Waals surface area contributed by atoms with E-state index in [1.165, 1.54) is 11.8 Å². The summed E-state index contributed by atoms with van der Waals surface area (Å²) in [6.45, 7) is 9.52. The second kappa shape index (κ2) is 15.0. The van der Waals surface area contributed by atoms with Crippen molar-refractivity contribution in [2.75, 3.05) is 55.6 Å². The lowest BCUT2D eigenvalue weighted by molar-refractivity contribution is -0.136. The number of benzene rings is 4. The fraction of sp³-hybridized carbons (Fsp3) is 0.400. The van der Waals surface area contributed by atoms with Gasteiger partial charge in [-0.25, -0.2) is 4.39 Å². The van der Waals surface area contributed by atoms with Gasteiger partial charge >= 0.3 is 0 Å². The normalized spacial score (nSPS) is 23.3. The fourth-order valence-corrected chi connectivity index (χ4v) is 9.52. The van der Waals surface area contributed by atoms with Crippen LogP contribution < -0.4 is 15.1 Å². The summed E-state index contributed by atoms with van der Waals surface area (Å²) in [5.74, 6) is -0.240. The number of amides is 3. The zero-order chi connectivity index (χ0) is 38.5. The number of aryl methyl sites for hydroxylation is 1. The van der Waals surface area contributed by atoms with E-state index in [0.717, 1.165) is 92.2 Å². The van der Waals surface area contributed by atoms with E-state index in [4.69, 9.17) is 4.74 Å². The average molecular weight is 758 g/mol. The number of rotatable bonds is 7. The molecule has 3 atom stereocenters. The first-order valence-corrected chi connectivity index (χ1v) is 20.0. The number of halogens is 1. The number of phenols is 1. The third kappa shape index (κ3) is 7.03. The molecule has 0 spiro atoms. The molecular weight excluding hydrogens is 710 g/mol. The van der Waals surface area contributed by atoms with Gasteiger partial charge in [0.2, 0.25) is 11.8 Å². The topological polar surface area (TPSA) is 106 Å². The third-order valence-electron chi connectivity index (χ3n) is 12.7. The number of ether oxygens (including phenoxy) is 1. The highest BCUT2D eigenvalue weighted by Crippen LogP contribution is 2.46. The number of fused-ring (bicyclic) bond motifs is 2. The van der Waals surface area contributed by atoms with Crippen LogP contribution in [0.1, 0.15) is 81.4 Å². The van der Waals surface area contributed by atoms with E-state index in [2.05, 4.69) is 50.3 Å². The molecule has 5 aliphatic heterocycles. The number of imide groups is 1. The number of hydrogen-bond acceptors (Lipinski definition) is 8. The Morgan fingerprint density at radius 3 is 2.27 bits per heavy atom. The zero-order valence-electron chi connectivity index (χ0n) is 31.8. The molecule has 0 saturated carbocycles. The van der Waals surface area contributed by atoms with Crippen molar-refractivity contribution < 1.29 is 28.6 Å². The summed E-state index contributed by atoms with van der Waals surface area (Å²) < 4.78 is 20.6. The molecule has 4 aromatic rings. The quantitative estimate of drug-likeness (QED) is 0.220. The predicted octanol–water partition coefficient (Wildman–Crippen LogP) is 6.04. The van der Waals surface area contributed by atoms with Crippen LogP contribution in [0.15, 0.2) is 78.9 Å². The smallest absolute Gasteiger partial charge is 0.255 e. The summed E-state index contributed by atoms with van der Waals surface area (Å²) in [6, 6.07) is 25.0. The number of nitrogens with one attached hydrogen (secondary N) is 1. The van der Waals surface area contributed by atoms with Crippen LogP contribution in [0, 0.1) is 18.7 Å². The van der Waals surface area contributed by atoms with Gasteiger partial charge < -0.3 is 24.5 Å². The lowest BCUT2D eigenvalue weighted by atomic mass is 9.79. The molecule has 11 heteroatoms. The second-order valence-electron chi connectivity index (χ2n) is 16.2. The maximum Gasteiger partial charge on any atom is 0.255 e. The molecule has 5 heterocycles. The number of piperazine rings is 1. The molecule has 0 aromatic heterocycles. The van der Waals surface area contributed by atoms with Gasteiger partial charge in [0.1, 0.15) is 17.6 Å². The van der Waals surface area contributed by atoms with Gasteiger partial charge in [0.05, 0.1) is 12.7 Å². The number of phenolic OH excluding ortho intramolecular Hbond substituents is 1. The first-order valence-electron chi connectivity index (χ1n) is 20.0. The molecule has 3 saturated heterocycles. The van der Waals surface area contributed by atoms with E-state index < -0.39 is 6.04 Å². The largest absolute Gasteiger partial charge is 0.508 e. The first-order chi connectivity index (χ1) is 27.2. The Labute approximate surface area is 326 Å². The van der Waals surface area contributed by atoms with Crippen LogP contribution in [-0.2, 0) is 27.5 Å². The molecule has 56 heavy (non-hydrogen) atoms. The van der Waals surface area contributed by atoms with E-state index in [1.54, 1.807) is 24.0 Å². The van der Waals surface area contributed by atoms with Crippen LogP contribution in [0.2, 0.25) is 0 Å². The zero-order valence-corrected chi connectivity index (χ0v) is 31.8. The number of carbonyl (C=O) groups is 3. The van der Waals surface area contributed by atoms with Crippen molar-refractivity contribution in [3.8, 4) is 5.75 Å². The summed E-state index contributed by atoms with van der Waals surface area (Å²) in [5.41, 5.74) is 8.69. The number of anilines is 2. The molecule has 3 amide bonds. The summed E-state index contributed by atoms with van der Waals surface area (Å²) in [5, 5.41) is 12.6. The highest BCUT2D eigenvalue weighted by atomic mass is 19.1. The van der Waals surface area contributed by atoms with Gasteiger partial charge in [-0.15, -0.1) is 0 Å². The number of aromatic hydroxyl groups is 1. The molecular formula is C45H48FN5O5. The van der Waals surface area contributed by atoms with Gasteiger partial charge in [-0.05, 0) is 114 Å². The van der Waals surface area contributed by atoms with Gasteiger partial charge in [-0.1, -0.05) is 30.3 Å². The van der Waals surface area contributed by atoms with Crippen LogP contribution >= 0.6 is 0 Å². The van der Waals surface area contributed by atoms with Crippen LogP contribution in [0.3, 0.4) is 0 Å². The van der Waals surface area contributed by atoms with E-state index in [-0.39, 0.29) is 47.7 Å². The molecule has 4 aromatic carbocycles. The summed E-state index contributed by atoms with van der Waals surface area (Å²) in [4.78, 5) is 46.3. The van der Waals surface area contributed by atoms with E-state index in [1.807, 2.05) is 30.3 Å². The molecule has 9 rings (SSSR count). The Morgan fingerprint density at radius 1 is 0.786 bits per heavy atom. The molecule has 5 aliphatic rings. The molecule has 0 radical (unpaired) electrons. The van der Waals surface area contributed by atoms with E-state index in [9.17, 15) is 23.9 Å². The van der Waals surface area contributed by atoms with Gasteiger partial charge in [0.15, 0.2) is 0 Å². The Kier molecular flexibility index (Phi) is 9.75. The van der Waals surface area contributed by atoms with Crippen LogP contribution in [-0.4, -0.2) is 84.5 Å². The van der Waals surface area contributed by atoms with Crippen molar-refractivity contribution in [3.63, 3.8) is 0 Å². The van der Waals surface area contributed by atoms with Crippen LogP contribution in [0.5, 0.6) is 5.75 Å². The van der Waals surface area contributed by atoms with Gasteiger partial charge in [0, 0.05) is 81.6 Å². The lowest BCUT2D eigenvalue weighted by Crippen LogP contribution is -2.52. The van der Waals surface area contributed by atoms with Crippen LogP contribution in [0.25, 0.3) is 0 Å². The average Bonchev–Trinajstić information content (AvgIpc) is 3.54. The number of hydrogen-bond donors (Lipinski definition) is 2. The van der Waals surface area contributed by atoms with E-state index >= 15 is 0 Å². The monoisotopic (exact) mass is 757 g/mol. The maximum absolute atomic E-state index is 14.2. The van der Waals surface area contributed by atoms with Crippen molar-refractivity contribution in [2.45, 2.75) is 63.8 Å². The molecule has 2 N–H and O–H groups in total. The third-order valence-corrected chi connectivity index (χ3v) is 12.7. The van der Waals surface area contributed by atoms with E-state index in [0.29, 0.717) is 36.6 Å². The minimum Gasteiger partial charge on any atom is -0.508 e. The number of piperidine rings is 2. The highest BCUT2D eigenvalue weighted by Gasteiger charge is 2.39. The molecule has 0 aliphatic carbocycles. The van der Waals surface area contributed by atoms with Gasteiger partial charge in [0.25, 0.3) is 5.91 Å². The van der Waals surface area contributed by atoms with Crippen molar-refractivity contribution in [1.82, 2.24) is 15.1 Å². The Bertz CT molecular complexity index is 2160. The number of nitrogens with zero attached hydrogens (tertiary/aromatic N) is 4.